The summed E-state index contributed by atoms with van der Waals surface area (Å²) in [5, 5.41) is 3.61. The Balaban J connectivity index is 1.76. The molecule has 84 valence electrons. The van der Waals surface area contributed by atoms with Gasteiger partial charge in [-0.05, 0) is 50.8 Å². The summed E-state index contributed by atoms with van der Waals surface area (Å²) in [6.07, 6.45) is 7.95. The first-order valence-electron chi connectivity index (χ1n) is 6.19. The molecule has 1 aliphatic rings. The van der Waals surface area contributed by atoms with Crippen molar-refractivity contribution in [3.63, 3.8) is 0 Å². The second kappa shape index (κ2) is 5.66. The Bertz CT molecular complexity index is 286. The van der Waals surface area contributed by atoms with E-state index in [2.05, 4.69) is 24.4 Å². The van der Waals surface area contributed by atoms with Gasteiger partial charge in [-0.2, -0.15) is 0 Å². The van der Waals surface area contributed by atoms with Gasteiger partial charge in [-0.3, -0.25) is 0 Å². The molecule has 1 aromatic rings. The second-order valence-electron chi connectivity index (χ2n) is 4.41. The van der Waals surface area contributed by atoms with Crippen LogP contribution in [0.2, 0.25) is 0 Å². The van der Waals surface area contributed by atoms with Crippen molar-refractivity contribution >= 4 is 11.3 Å². The number of thiophene rings is 1. The van der Waals surface area contributed by atoms with Crippen LogP contribution in [0, 0.1) is 0 Å². The van der Waals surface area contributed by atoms with Gasteiger partial charge in [0.25, 0.3) is 0 Å². The summed E-state index contributed by atoms with van der Waals surface area (Å²) in [5.41, 5.74) is 0. The molecule has 1 unspecified atom stereocenters. The van der Waals surface area contributed by atoms with Gasteiger partial charge in [0.1, 0.15) is 0 Å². The van der Waals surface area contributed by atoms with Gasteiger partial charge in [-0.15, -0.1) is 11.3 Å². The number of rotatable bonds is 4. The van der Waals surface area contributed by atoms with Crippen molar-refractivity contribution in [2.75, 3.05) is 6.54 Å². The molecule has 2 heteroatoms. The number of nitrogens with one attached hydrogen (secondary N) is 1. The van der Waals surface area contributed by atoms with Crippen LogP contribution in [0.15, 0.2) is 12.1 Å². The number of piperidine rings is 1. The molecule has 1 fully saturated rings. The maximum Gasteiger partial charge on any atom is 0.00705 e. The third-order valence-electron chi connectivity index (χ3n) is 3.22. The molecule has 1 aliphatic heterocycles. The van der Waals surface area contributed by atoms with Crippen LogP contribution < -0.4 is 5.32 Å². The lowest BCUT2D eigenvalue weighted by molar-refractivity contribution is 0.383. The predicted octanol–water partition coefficient (Wildman–Crippen LogP) is 3.39. The molecule has 0 saturated carbocycles. The smallest absolute Gasteiger partial charge is 0.00705 e. The Morgan fingerprint density at radius 3 is 2.87 bits per heavy atom. The van der Waals surface area contributed by atoms with E-state index < -0.39 is 0 Å². The van der Waals surface area contributed by atoms with Crippen LogP contribution in [0.5, 0.6) is 0 Å². The Labute approximate surface area is 96.9 Å². The molecule has 2 heterocycles. The number of hydrogen-bond acceptors (Lipinski definition) is 2. The molecular formula is C13H21NS. The van der Waals surface area contributed by atoms with E-state index in [4.69, 9.17) is 0 Å². The molecule has 1 aromatic heterocycles. The first-order valence-corrected chi connectivity index (χ1v) is 7.01. The van der Waals surface area contributed by atoms with Crippen LogP contribution >= 0.6 is 11.3 Å². The van der Waals surface area contributed by atoms with Crippen molar-refractivity contribution in [2.24, 2.45) is 0 Å². The van der Waals surface area contributed by atoms with Gasteiger partial charge in [-0.1, -0.05) is 13.3 Å². The van der Waals surface area contributed by atoms with Crippen molar-refractivity contribution in [1.29, 1.82) is 0 Å². The van der Waals surface area contributed by atoms with Crippen molar-refractivity contribution in [3.8, 4) is 0 Å². The van der Waals surface area contributed by atoms with E-state index in [1.807, 2.05) is 11.3 Å². The molecule has 1 atom stereocenters. The van der Waals surface area contributed by atoms with Gasteiger partial charge in [-0.25, -0.2) is 0 Å². The van der Waals surface area contributed by atoms with E-state index in [1.165, 1.54) is 49.9 Å². The average molecular weight is 223 g/mol. The summed E-state index contributed by atoms with van der Waals surface area (Å²) in [4.78, 5) is 3.10. The Morgan fingerprint density at radius 2 is 2.20 bits per heavy atom. The third kappa shape index (κ3) is 3.32. The van der Waals surface area contributed by atoms with Gasteiger partial charge in [0, 0.05) is 15.8 Å². The molecule has 1 N–H and O–H groups in total. The Hall–Kier alpha value is -0.340. The lowest BCUT2D eigenvalue weighted by atomic mass is 10.0. The maximum absolute atomic E-state index is 3.61. The standard InChI is InChI=1S/C13H21NS/c1-2-12-8-9-13(15-12)7-6-11-5-3-4-10-14-11/h8-9,11,14H,2-7,10H2,1H3. The summed E-state index contributed by atoms with van der Waals surface area (Å²) in [6.45, 7) is 3.47. The van der Waals surface area contributed by atoms with Gasteiger partial charge in [0.15, 0.2) is 0 Å². The van der Waals surface area contributed by atoms with Crippen LogP contribution in [-0.2, 0) is 12.8 Å². The molecule has 0 aliphatic carbocycles. The molecule has 0 amide bonds. The zero-order valence-corrected chi connectivity index (χ0v) is 10.4. The van der Waals surface area contributed by atoms with Gasteiger partial charge in [0.05, 0.1) is 0 Å². The Kier molecular flexibility index (Phi) is 4.21. The first-order chi connectivity index (χ1) is 7.38. The SMILES string of the molecule is CCc1ccc(CCC2CCCCN2)s1. The predicted molar refractivity (Wildman–Crippen MR) is 67.7 cm³/mol. The van der Waals surface area contributed by atoms with Crippen molar-refractivity contribution in [3.05, 3.63) is 21.9 Å². The van der Waals surface area contributed by atoms with E-state index in [1.54, 1.807) is 4.88 Å². The van der Waals surface area contributed by atoms with E-state index in [9.17, 15) is 0 Å². The van der Waals surface area contributed by atoms with Gasteiger partial charge < -0.3 is 5.32 Å². The average Bonchev–Trinajstić information content (AvgIpc) is 2.76. The van der Waals surface area contributed by atoms with Gasteiger partial charge >= 0.3 is 0 Å². The zero-order valence-electron chi connectivity index (χ0n) is 9.59. The van der Waals surface area contributed by atoms with E-state index in [0.29, 0.717) is 0 Å². The number of hydrogen-bond donors (Lipinski definition) is 1. The minimum Gasteiger partial charge on any atom is -0.314 e. The van der Waals surface area contributed by atoms with Crippen LogP contribution in [0.3, 0.4) is 0 Å². The van der Waals surface area contributed by atoms with E-state index in [-0.39, 0.29) is 0 Å². The molecular weight excluding hydrogens is 202 g/mol. The number of aryl methyl sites for hydroxylation is 2. The summed E-state index contributed by atoms with van der Waals surface area (Å²) >= 11 is 1.99. The molecule has 0 aromatic carbocycles. The molecule has 0 bridgehead atoms. The third-order valence-corrected chi connectivity index (χ3v) is 4.51. The highest BCUT2D eigenvalue weighted by molar-refractivity contribution is 7.11. The lowest BCUT2D eigenvalue weighted by Crippen LogP contribution is -2.34. The zero-order chi connectivity index (χ0) is 10.5. The highest BCUT2D eigenvalue weighted by atomic mass is 32.1. The van der Waals surface area contributed by atoms with E-state index in [0.717, 1.165) is 6.04 Å². The maximum atomic E-state index is 3.61. The molecule has 2 rings (SSSR count). The van der Waals surface area contributed by atoms with Crippen molar-refractivity contribution in [2.45, 2.75) is 51.5 Å². The molecule has 0 spiro atoms. The van der Waals surface area contributed by atoms with Crippen LogP contribution in [0.4, 0.5) is 0 Å². The molecule has 1 saturated heterocycles. The summed E-state index contributed by atoms with van der Waals surface area (Å²) in [5.74, 6) is 0. The van der Waals surface area contributed by atoms with Crippen LogP contribution in [-0.4, -0.2) is 12.6 Å². The van der Waals surface area contributed by atoms with Crippen molar-refractivity contribution in [1.82, 2.24) is 5.32 Å². The summed E-state index contributed by atoms with van der Waals surface area (Å²) in [6, 6.07) is 5.38. The fraction of sp³-hybridized carbons (Fsp3) is 0.692. The first kappa shape index (κ1) is 11.2. The second-order valence-corrected chi connectivity index (χ2v) is 5.66. The minimum atomic E-state index is 0.783. The minimum absolute atomic E-state index is 0.783. The van der Waals surface area contributed by atoms with Gasteiger partial charge in [0.2, 0.25) is 0 Å². The van der Waals surface area contributed by atoms with Crippen LogP contribution in [0.1, 0.15) is 42.4 Å². The largest absolute Gasteiger partial charge is 0.314 e. The molecule has 15 heavy (non-hydrogen) atoms. The lowest BCUT2D eigenvalue weighted by Gasteiger charge is -2.22. The van der Waals surface area contributed by atoms with Crippen LogP contribution in [0.25, 0.3) is 0 Å². The van der Waals surface area contributed by atoms with E-state index >= 15 is 0 Å². The summed E-state index contributed by atoms with van der Waals surface area (Å²) < 4.78 is 0. The Morgan fingerprint density at radius 1 is 1.33 bits per heavy atom. The normalized spacial score (nSPS) is 21.8. The summed E-state index contributed by atoms with van der Waals surface area (Å²) in [7, 11) is 0. The fourth-order valence-electron chi connectivity index (χ4n) is 2.23. The molecule has 1 nitrogen and oxygen atoms in total. The fourth-order valence-corrected chi connectivity index (χ4v) is 3.21. The highest BCUT2D eigenvalue weighted by Crippen LogP contribution is 2.20. The highest BCUT2D eigenvalue weighted by Gasteiger charge is 2.12. The monoisotopic (exact) mass is 223 g/mol. The quantitative estimate of drug-likeness (QED) is 0.825. The molecule has 0 radical (unpaired) electrons. The van der Waals surface area contributed by atoms with Crippen molar-refractivity contribution < 1.29 is 0 Å². The topological polar surface area (TPSA) is 12.0 Å².